The largest absolute Gasteiger partial charge is 0.493 e. The zero-order chi connectivity index (χ0) is 18.1. The van der Waals surface area contributed by atoms with Crippen molar-refractivity contribution in [3.05, 3.63) is 59.4 Å². The minimum absolute atomic E-state index is 0.00897. The van der Waals surface area contributed by atoms with E-state index < -0.39 is 0 Å². The number of fused-ring (bicyclic) bond motifs is 2. The molecule has 134 valence electrons. The molecule has 3 aromatic rings. The Balaban J connectivity index is 1.46. The van der Waals surface area contributed by atoms with E-state index in [1.54, 1.807) is 0 Å². The minimum atomic E-state index is -0.00897. The number of nitrogens with one attached hydrogen (secondary N) is 1. The van der Waals surface area contributed by atoms with Gasteiger partial charge in [0.15, 0.2) is 0 Å². The number of rotatable bonds is 5. The minimum Gasteiger partial charge on any atom is -0.493 e. The Morgan fingerprint density at radius 1 is 1.27 bits per heavy atom. The Morgan fingerprint density at radius 2 is 2.12 bits per heavy atom. The second kappa shape index (κ2) is 6.83. The quantitative estimate of drug-likeness (QED) is 0.768. The predicted octanol–water partition coefficient (Wildman–Crippen LogP) is 3.41. The standard InChI is InChI=1S/C21H23N3O2/c1-14(2)24-18-6-4-3-5-17(18)23-20(24)13-22-21(25)12-15-7-8-16-9-10-26-19(16)11-15/h3-8,11,14H,9-10,12-13H2,1-2H3,(H,22,25). The summed E-state index contributed by atoms with van der Waals surface area (Å²) in [5, 5.41) is 3.01. The first-order valence-electron chi connectivity index (χ1n) is 9.09. The molecule has 0 saturated carbocycles. The fraction of sp³-hybridized carbons (Fsp3) is 0.333. The number of para-hydroxylation sites is 2. The molecule has 5 heteroatoms. The van der Waals surface area contributed by atoms with Crippen molar-refractivity contribution in [2.24, 2.45) is 0 Å². The van der Waals surface area contributed by atoms with E-state index >= 15 is 0 Å². The van der Waals surface area contributed by atoms with Gasteiger partial charge in [-0.3, -0.25) is 4.79 Å². The third-order valence-corrected chi connectivity index (χ3v) is 4.75. The number of imidazole rings is 1. The Bertz CT molecular complexity index is 959. The van der Waals surface area contributed by atoms with Crippen molar-refractivity contribution < 1.29 is 9.53 Å². The molecule has 1 N–H and O–H groups in total. The first-order chi connectivity index (χ1) is 12.6. The number of nitrogens with zero attached hydrogens (tertiary/aromatic N) is 2. The van der Waals surface area contributed by atoms with Crippen LogP contribution in [0.4, 0.5) is 0 Å². The van der Waals surface area contributed by atoms with Gasteiger partial charge in [-0.1, -0.05) is 24.3 Å². The lowest BCUT2D eigenvalue weighted by Crippen LogP contribution is -2.26. The van der Waals surface area contributed by atoms with E-state index in [0.717, 1.165) is 41.2 Å². The summed E-state index contributed by atoms with van der Waals surface area (Å²) in [4.78, 5) is 17.1. The van der Waals surface area contributed by atoms with Crippen LogP contribution in [-0.2, 0) is 24.2 Å². The molecule has 0 radical (unpaired) electrons. The van der Waals surface area contributed by atoms with Gasteiger partial charge >= 0.3 is 0 Å². The van der Waals surface area contributed by atoms with E-state index in [0.29, 0.717) is 13.0 Å². The maximum Gasteiger partial charge on any atom is 0.224 e. The molecule has 5 nitrogen and oxygen atoms in total. The molecule has 0 spiro atoms. The molecule has 0 saturated heterocycles. The first kappa shape index (κ1) is 16.6. The molecule has 1 aliphatic rings. The van der Waals surface area contributed by atoms with E-state index in [4.69, 9.17) is 4.74 Å². The number of aromatic nitrogens is 2. The zero-order valence-corrected chi connectivity index (χ0v) is 15.2. The van der Waals surface area contributed by atoms with Gasteiger partial charge in [-0.05, 0) is 43.2 Å². The fourth-order valence-electron chi connectivity index (χ4n) is 3.54. The maximum absolute atomic E-state index is 12.4. The molecule has 1 aliphatic heterocycles. The third-order valence-electron chi connectivity index (χ3n) is 4.75. The average molecular weight is 349 g/mol. The lowest BCUT2D eigenvalue weighted by molar-refractivity contribution is -0.120. The van der Waals surface area contributed by atoms with Crippen molar-refractivity contribution in [1.29, 1.82) is 0 Å². The van der Waals surface area contributed by atoms with Crippen molar-refractivity contribution in [3.8, 4) is 5.75 Å². The molecule has 0 bridgehead atoms. The summed E-state index contributed by atoms with van der Waals surface area (Å²) in [6.45, 7) is 5.41. The van der Waals surface area contributed by atoms with Gasteiger partial charge in [-0.15, -0.1) is 0 Å². The number of hydrogen-bond acceptors (Lipinski definition) is 3. The van der Waals surface area contributed by atoms with E-state index in [-0.39, 0.29) is 11.9 Å². The third kappa shape index (κ3) is 3.17. The molecule has 4 rings (SSSR count). The SMILES string of the molecule is CC(C)n1c(CNC(=O)Cc2ccc3c(c2)OCC3)nc2ccccc21. The molecule has 1 amide bonds. The van der Waals surface area contributed by atoms with Crippen molar-refractivity contribution in [2.75, 3.05) is 6.61 Å². The van der Waals surface area contributed by atoms with Crippen LogP contribution in [0, 0.1) is 0 Å². The van der Waals surface area contributed by atoms with Gasteiger partial charge in [-0.25, -0.2) is 4.98 Å². The van der Waals surface area contributed by atoms with Crippen molar-refractivity contribution in [3.63, 3.8) is 0 Å². The number of benzene rings is 2. The highest BCUT2D eigenvalue weighted by atomic mass is 16.5. The summed E-state index contributed by atoms with van der Waals surface area (Å²) >= 11 is 0. The van der Waals surface area contributed by atoms with Crippen molar-refractivity contribution >= 4 is 16.9 Å². The molecular weight excluding hydrogens is 326 g/mol. The van der Waals surface area contributed by atoms with Crippen LogP contribution in [0.2, 0.25) is 0 Å². The highest BCUT2D eigenvalue weighted by molar-refractivity contribution is 5.79. The van der Waals surface area contributed by atoms with Crippen LogP contribution in [0.1, 0.15) is 36.8 Å². The maximum atomic E-state index is 12.4. The van der Waals surface area contributed by atoms with Gasteiger partial charge in [0, 0.05) is 12.5 Å². The molecule has 0 atom stereocenters. The fourth-order valence-corrected chi connectivity index (χ4v) is 3.54. The highest BCUT2D eigenvalue weighted by Crippen LogP contribution is 2.26. The van der Waals surface area contributed by atoms with Gasteiger partial charge in [-0.2, -0.15) is 0 Å². The van der Waals surface area contributed by atoms with E-state index in [1.165, 1.54) is 5.56 Å². The number of ether oxygens (including phenoxy) is 1. The first-order valence-corrected chi connectivity index (χ1v) is 9.09. The Morgan fingerprint density at radius 3 is 2.96 bits per heavy atom. The van der Waals surface area contributed by atoms with Crippen molar-refractivity contribution in [2.45, 2.75) is 39.3 Å². The van der Waals surface area contributed by atoms with Gasteiger partial charge < -0.3 is 14.6 Å². The summed E-state index contributed by atoms with van der Waals surface area (Å²) in [6, 6.07) is 14.4. The molecule has 2 aromatic carbocycles. The van der Waals surface area contributed by atoms with Gasteiger partial charge in [0.1, 0.15) is 11.6 Å². The second-order valence-electron chi connectivity index (χ2n) is 6.97. The molecular formula is C21H23N3O2. The molecule has 0 fully saturated rings. The van der Waals surface area contributed by atoms with E-state index in [1.807, 2.05) is 30.3 Å². The summed E-state index contributed by atoms with van der Waals surface area (Å²) in [5.41, 5.74) is 4.25. The molecule has 0 aliphatic carbocycles. The topological polar surface area (TPSA) is 56.2 Å². The van der Waals surface area contributed by atoms with Gasteiger partial charge in [0.25, 0.3) is 0 Å². The Kier molecular flexibility index (Phi) is 4.37. The number of hydrogen-bond donors (Lipinski definition) is 1. The zero-order valence-electron chi connectivity index (χ0n) is 15.2. The number of amides is 1. The summed E-state index contributed by atoms with van der Waals surface area (Å²) in [6.07, 6.45) is 1.30. The number of carbonyl (C=O) groups is 1. The van der Waals surface area contributed by atoms with E-state index in [2.05, 4.69) is 40.8 Å². The highest BCUT2D eigenvalue weighted by Gasteiger charge is 2.15. The van der Waals surface area contributed by atoms with Crippen LogP contribution in [0.15, 0.2) is 42.5 Å². The summed E-state index contributed by atoms with van der Waals surface area (Å²) in [5.74, 6) is 1.79. The van der Waals surface area contributed by atoms with Crippen molar-refractivity contribution in [1.82, 2.24) is 14.9 Å². The van der Waals surface area contributed by atoms with Crippen LogP contribution in [0.25, 0.3) is 11.0 Å². The van der Waals surface area contributed by atoms with E-state index in [9.17, 15) is 4.79 Å². The second-order valence-corrected chi connectivity index (χ2v) is 6.97. The lowest BCUT2D eigenvalue weighted by Gasteiger charge is -2.13. The van der Waals surface area contributed by atoms with Crippen LogP contribution in [0.3, 0.4) is 0 Å². The normalized spacial score (nSPS) is 13.0. The number of carbonyl (C=O) groups excluding carboxylic acids is 1. The predicted molar refractivity (Wildman–Crippen MR) is 101 cm³/mol. The van der Waals surface area contributed by atoms with Crippen LogP contribution < -0.4 is 10.1 Å². The monoisotopic (exact) mass is 349 g/mol. The Hall–Kier alpha value is -2.82. The van der Waals surface area contributed by atoms with Crippen LogP contribution >= 0.6 is 0 Å². The smallest absolute Gasteiger partial charge is 0.224 e. The average Bonchev–Trinajstić information content (AvgIpc) is 3.23. The lowest BCUT2D eigenvalue weighted by atomic mass is 10.1. The molecule has 1 aromatic heterocycles. The molecule has 2 heterocycles. The van der Waals surface area contributed by atoms with Gasteiger partial charge in [0.05, 0.1) is 30.6 Å². The van der Waals surface area contributed by atoms with Crippen LogP contribution in [0.5, 0.6) is 5.75 Å². The molecule has 26 heavy (non-hydrogen) atoms. The van der Waals surface area contributed by atoms with Crippen LogP contribution in [-0.4, -0.2) is 22.1 Å². The molecule has 0 unspecified atom stereocenters. The summed E-state index contributed by atoms with van der Waals surface area (Å²) in [7, 11) is 0. The Labute approximate surface area is 153 Å². The summed E-state index contributed by atoms with van der Waals surface area (Å²) < 4.78 is 7.76. The van der Waals surface area contributed by atoms with Gasteiger partial charge in [0.2, 0.25) is 5.91 Å².